The molecule has 0 aromatic heterocycles. The molecule has 114 valence electrons. The average molecular weight is 278 g/mol. The number of nitrogens with one attached hydrogen (secondary N) is 2. The van der Waals surface area contributed by atoms with Crippen LogP contribution in [-0.4, -0.2) is 25.7 Å². The Morgan fingerprint density at radius 2 is 1.80 bits per heavy atom. The lowest BCUT2D eigenvalue weighted by atomic mass is 10.2. The van der Waals surface area contributed by atoms with Crippen molar-refractivity contribution in [3.63, 3.8) is 0 Å². The zero-order valence-electron chi connectivity index (χ0n) is 13.4. The van der Waals surface area contributed by atoms with Crippen LogP contribution in [0.5, 0.6) is 5.75 Å². The highest BCUT2D eigenvalue weighted by molar-refractivity contribution is 5.28. The van der Waals surface area contributed by atoms with Gasteiger partial charge in [0.1, 0.15) is 5.75 Å². The second kappa shape index (κ2) is 9.78. The van der Waals surface area contributed by atoms with Gasteiger partial charge in [0.25, 0.3) is 0 Å². The summed E-state index contributed by atoms with van der Waals surface area (Å²) in [5.74, 6) is 1.68. The highest BCUT2D eigenvalue weighted by atomic mass is 16.5. The molecule has 0 radical (unpaired) electrons. The van der Waals surface area contributed by atoms with Gasteiger partial charge in [-0.3, -0.25) is 0 Å². The van der Waals surface area contributed by atoms with Crippen molar-refractivity contribution in [2.75, 3.05) is 19.6 Å². The van der Waals surface area contributed by atoms with Gasteiger partial charge in [0, 0.05) is 6.54 Å². The van der Waals surface area contributed by atoms with Gasteiger partial charge >= 0.3 is 0 Å². The van der Waals surface area contributed by atoms with Gasteiger partial charge in [-0.2, -0.15) is 0 Å². The van der Waals surface area contributed by atoms with Crippen molar-refractivity contribution in [1.29, 1.82) is 0 Å². The lowest BCUT2D eigenvalue weighted by Gasteiger charge is -2.11. The number of hydrogen-bond acceptors (Lipinski definition) is 3. The Balaban J connectivity index is 2.15. The van der Waals surface area contributed by atoms with Crippen LogP contribution in [-0.2, 0) is 6.54 Å². The van der Waals surface area contributed by atoms with Crippen molar-refractivity contribution in [2.45, 2.75) is 46.8 Å². The first-order valence-electron chi connectivity index (χ1n) is 7.75. The molecule has 0 amide bonds. The first-order chi connectivity index (χ1) is 9.58. The molecular weight excluding hydrogens is 248 g/mol. The number of hydrogen-bond donors (Lipinski definition) is 2. The van der Waals surface area contributed by atoms with Crippen LogP contribution in [0, 0.1) is 5.92 Å². The fraction of sp³-hybridized carbons (Fsp3) is 0.647. The molecule has 1 aromatic carbocycles. The molecule has 0 aliphatic rings. The van der Waals surface area contributed by atoms with Crippen molar-refractivity contribution in [3.8, 4) is 5.75 Å². The lowest BCUT2D eigenvalue weighted by molar-refractivity contribution is 0.242. The Bertz CT molecular complexity index is 364. The predicted octanol–water partition coefficient (Wildman–Crippen LogP) is 3.20. The summed E-state index contributed by atoms with van der Waals surface area (Å²) in [5, 5.41) is 6.93. The number of rotatable bonds is 10. The quantitative estimate of drug-likeness (QED) is 0.645. The normalized spacial score (nSPS) is 11.3. The molecule has 1 aromatic rings. The Labute approximate surface area is 124 Å². The van der Waals surface area contributed by atoms with Crippen molar-refractivity contribution >= 4 is 0 Å². The zero-order valence-corrected chi connectivity index (χ0v) is 13.4. The maximum Gasteiger partial charge on any atom is 0.120 e. The van der Waals surface area contributed by atoms with Gasteiger partial charge in [-0.05, 0) is 63.5 Å². The van der Waals surface area contributed by atoms with E-state index in [2.05, 4.69) is 56.5 Å². The summed E-state index contributed by atoms with van der Waals surface area (Å²) in [6, 6.07) is 8.32. The Morgan fingerprint density at radius 3 is 2.50 bits per heavy atom. The van der Waals surface area contributed by atoms with E-state index < -0.39 is 0 Å². The second-order valence-electron chi connectivity index (χ2n) is 5.94. The van der Waals surface area contributed by atoms with Gasteiger partial charge in [0.15, 0.2) is 0 Å². The zero-order chi connectivity index (χ0) is 14.8. The van der Waals surface area contributed by atoms with Crippen molar-refractivity contribution in [1.82, 2.24) is 10.6 Å². The van der Waals surface area contributed by atoms with Crippen LogP contribution in [0.2, 0.25) is 0 Å². The molecule has 2 N–H and O–H groups in total. The first-order valence-corrected chi connectivity index (χ1v) is 7.75. The van der Waals surface area contributed by atoms with Gasteiger partial charge in [0.05, 0.1) is 6.10 Å². The van der Waals surface area contributed by atoms with Crippen LogP contribution < -0.4 is 15.4 Å². The number of benzene rings is 1. The molecule has 0 spiro atoms. The van der Waals surface area contributed by atoms with Crippen LogP contribution in [0.4, 0.5) is 0 Å². The van der Waals surface area contributed by atoms with Crippen LogP contribution >= 0.6 is 0 Å². The Morgan fingerprint density at radius 1 is 1.05 bits per heavy atom. The monoisotopic (exact) mass is 278 g/mol. The summed E-state index contributed by atoms with van der Waals surface area (Å²) < 4.78 is 5.70. The molecule has 0 saturated heterocycles. The van der Waals surface area contributed by atoms with Crippen molar-refractivity contribution in [3.05, 3.63) is 29.8 Å². The van der Waals surface area contributed by atoms with Gasteiger partial charge in [-0.1, -0.05) is 26.0 Å². The minimum Gasteiger partial charge on any atom is -0.491 e. The van der Waals surface area contributed by atoms with E-state index in [9.17, 15) is 0 Å². The number of ether oxygens (including phenoxy) is 1. The van der Waals surface area contributed by atoms with Gasteiger partial charge < -0.3 is 15.4 Å². The molecule has 3 heteroatoms. The SMILES string of the molecule is CC(C)CNCCCNCc1cccc(OC(C)C)c1. The van der Waals surface area contributed by atoms with E-state index in [0.717, 1.165) is 44.3 Å². The van der Waals surface area contributed by atoms with E-state index in [4.69, 9.17) is 4.74 Å². The molecule has 0 heterocycles. The summed E-state index contributed by atoms with van der Waals surface area (Å²) >= 11 is 0. The topological polar surface area (TPSA) is 33.3 Å². The van der Waals surface area contributed by atoms with Crippen LogP contribution in [0.1, 0.15) is 39.7 Å². The van der Waals surface area contributed by atoms with E-state index in [0.29, 0.717) is 0 Å². The standard InChI is InChI=1S/C17H30N2O/c1-14(2)12-18-9-6-10-19-13-16-7-5-8-17(11-16)20-15(3)4/h5,7-8,11,14-15,18-19H,6,9-10,12-13H2,1-4H3. The van der Waals surface area contributed by atoms with Crippen molar-refractivity contribution < 1.29 is 4.74 Å². The van der Waals surface area contributed by atoms with E-state index in [1.165, 1.54) is 5.56 Å². The van der Waals surface area contributed by atoms with E-state index in [1.807, 2.05) is 6.07 Å². The molecule has 0 aliphatic carbocycles. The highest BCUT2D eigenvalue weighted by Crippen LogP contribution is 2.14. The summed E-state index contributed by atoms with van der Waals surface area (Å²) in [6.07, 6.45) is 1.39. The second-order valence-corrected chi connectivity index (χ2v) is 5.94. The molecule has 0 aliphatic heterocycles. The molecule has 0 atom stereocenters. The summed E-state index contributed by atoms with van der Waals surface area (Å²) in [7, 11) is 0. The summed E-state index contributed by atoms with van der Waals surface area (Å²) in [5.41, 5.74) is 1.28. The van der Waals surface area contributed by atoms with E-state index >= 15 is 0 Å². The van der Waals surface area contributed by atoms with Crippen LogP contribution in [0.25, 0.3) is 0 Å². The fourth-order valence-corrected chi connectivity index (χ4v) is 1.96. The highest BCUT2D eigenvalue weighted by Gasteiger charge is 1.99. The molecule has 0 unspecified atom stereocenters. The third-order valence-corrected chi connectivity index (χ3v) is 2.86. The molecule has 0 fully saturated rings. The van der Waals surface area contributed by atoms with Crippen LogP contribution in [0.3, 0.4) is 0 Å². The maximum atomic E-state index is 5.70. The molecule has 3 nitrogen and oxygen atoms in total. The third-order valence-electron chi connectivity index (χ3n) is 2.86. The molecule has 20 heavy (non-hydrogen) atoms. The summed E-state index contributed by atoms with van der Waals surface area (Å²) in [4.78, 5) is 0. The van der Waals surface area contributed by atoms with Gasteiger partial charge in [0.2, 0.25) is 0 Å². The van der Waals surface area contributed by atoms with Gasteiger partial charge in [-0.25, -0.2) is 0 Å². The minimum absolute atomic E-state index is 0.227. The maximum absolute atomic E-state index is 5.70. The third kappa shape index (κ3) is 8.18. The average Bonchev–Trinajstić information content (AvgIpc) is 2.37. The first kappa shape index (κ1) is 17.0. The minimum atomic E-state index is 0.227. The molecule has 0 saturated carbocycles. The molecule has 0 bridgehead atoms. The van der Waals surface area contributed by atoms with Crippen molar-refractivity contribution in [2.24, 2.45) is 5.92 Å². The smallest absolute Gasteiger partial charge is 0.120 e. The predicted molar refractivity (Wildman–Crippen MR) is 86.2 cm³/mol. The fourth-order valence-electron chi connectivity index (χ4n) is 1.96. The van der Waals surface area contributed by atoms with E-state index in [1.54, 1.807) is 0 Å². The van der Waals surface area contributed by atoms with Crippen LogP contribution in [0.15, 0.2) is 24.3 Å². The Kier molecular flexibility index (Phi) is 8.31. The largest absolute Gasteiger partial charge is 0.491 e. The van der Waals surface area contributed by atoms with E-state index in [-0.39, 0.29) is 6.10 Å². The lowest BCUT2D eigenvalue weighted by Crippen LogP contribution is -2.24. The summed E-state index contributed by atoms with van der Waals surface area (Å²) in [6.45, 7) is 12.7. The molecular formula is C17H30N2O. The molecule has 1 rings (SSSR count). The van der Waals surface area contributed by atoms with Gasteiger partial charge in [-0.15, -0.1) is 0 Å². The Hall–Kier alpha value is -1.06.